The summed E-state index contributed by atoms with van der Waals surface area (Å²) < 4.78 is 1.82. The van der Waals surface area contributed by atoms with Gasteiger partial charge in [-0.2, -0.15) is 5.26 Å². The van der Waals surface area contributed by atoms with Crippen LogP contribution in [0.1, 0.15) is 5.56 Å². The van der Waals surface area contributed by atoms with E-state index >= 15 is 0 Å². The lowest BCUT2D eigenvalue weighted by Crippen LogP contribution is -1.83. The molecule has 5 heteroatoms. The monoisotopic (exact) mass is 254 g/mol. The van der Waals surface area contributed by atoms with Gasteiger partial charge < -0.3 is 4.40 Å². The van der Waals surface area contributed by atoms with Gasteiger partial charge >= 0.3 is 0 Å². The first-order valence-corrected chi connectivity index (χ1v) is 5.65. The zero-order chi connectivity index (χ0) is 12.5. The largest absolute Gasteiger partial charge is 0.305 e. The van der Waals surface area contributed by atoms with Crippen molar-refractivity contribution in [2.45, 2.75) is 0 Å². The second-order valence-electron chi connectivity index (χ2n) is 3.79. The number of halogens is 1. The molecule has 0 aliphatic rings. The molecule has 86 valence electrons. The summed E-state index contributed by atoms with van der Waals surface area (Å²) in [6, 6.07) is 9.25. The van der Waals surface area contributed by atoms with Crippen LogP contribution in [-0.4, -0.2) is 14.4 Å². The number of hydrogen-bond acceptors (Lipinski definition) is 3. The van der Waals surface area contributed by atoms with Gasteiger partial charge in [0.05, 0.1) is 11.3 Å². The van der Waals surface area contributed by atoms with Gasteiger partial charge in [-0.05, 0) is 24.3 Å². The number of hydrogen-bond donors (Lipinski definition) is 0. The molecule has 0 unspecified atom stereocenters. The Morgan fingerprint density at radius 3 is 2.89 bits per heavy atom. The van der Waals surface area contributed by atoms with Gasteiger partial charge in [0.1, 0.15) is 16.9 Å². The summed E-state index contributed by atoms with van der Waals surface area (Å²) in [6.45, 7) is 0. The van der Waals surface area contributed by atoms with E-state index in [1.165, 1.54) is 0 Å². The number of rotatable bonds is 1. The van der Waals surface area contributed by atoms with E-state index in [0.717, 1.165) is 16.9 Å². The van der Waals surface area contributed by atoms with E-state index in [2.05, 4.69) is 16.0 Å². The smallest absolute Gasteiger partial charge is 0.137 e. The van der Waals surface area contributed by atoms with Crippen LogP contribution in [-0.2, 0) is 0 Å². The third-order valence-corrected chi connectivity index (χ3v) is 2.81. The molecule has 0 bridgehead atoms. The maximum atomic E-state index is 8.85. The average Bonchev–Trinajstić information content (AvgIpc) is 2.81. The van der Waals surface area contributed by atoms with Crippen molar-refractivity contribution in [3.05, 3.63) is 53.6 Å². The molecule has 0 N–H and O–H groups in total. The summed E-state index contributed by atoms with van der Waals surface area (Å²) in [5.41, 5.74) is 3.09. The Balaban J connectivity index is 2.17. The van der Waals surface area contributed by atoms with Gasteiger partial charge in [0, 0.05) is 24.2 Å². The van der Waals surface area contributed by atoms with E-state index in [0.29, 0.717) is 10.7 Å². The first-order chi connectivity index (χ1) is 8.76. The molecule has 0 saturated carbocycles. The van der Waals surface area contributed by atoms with Crippen molar-refractivity contribution in [3.63, 3.8) is 0 Å². The fourth-order valence-electron chi connectivity index (χ4n) is 1.76. The summed E-state index contributed by atoms with van der Waals surface area (Å²) in [5.74, 6) is 0. The van der Waals surface area contributed by atoms with Gasteiger partial charge in [0.2, 0.25) is 0 Å². The Hall–Kier alpha value is -2.38. The van der Waals surface area contributed by atoms with Gasteiger partial charge in [-0.15, -0.1) is 0 Å². The molecule has 3 rings (SSSR count). The highest BCUT2D eigenvalue weighted by Crippen LogP contribution is 2.21. The van der Waals surface area contributed by atoms with Crippen LogP contribution >= 0.6 is 11.6 Å². The third-order valence-electron chi connectivity index (χ3n) is 2.60. The molecule has 0 saturated heterocycles. The standard InChI is InChI=1S/C13H7ClN4/c14-12-5-10(3-4-16-12)11-8-18-7-9(6-15)1-2-13(18)17-11/h1-5,7-8H. The fourth-order valence-corrected chi connectivity index (χ4v) is 1.93. The van der Waals surface area contributed by atoms with Crippen LogP contribution in [0, 0.1) is 11.3 Å². The van der Waals surface area contributed by atoms with Gasteiger partial charge in [-0.3, -0.25) is 0 Å². The predicted molar refractivity (Wildman–Crippen MR) is 68.1 cm³/mol. The van der Waals surface area contributed by atoms with Crippen LogP contribution in [0.15, 0.2) is 42.9 Å². The number of fused-ring (bicyclic) bond motifs is 1. The lowest BCUT2D eigenvalue weighted by molar-refractivity contribution is 1.17. The molecule has 0 amide bonds. The normalized spacial score (nSPS) is 10.4. The van der Waals surface area contributed by atoms with E-state index < -0.39 is 0 Å². The molecule has 0 spiro atoms. The van der Waals surface area contributed by atoms with E-state index in [1.54, 1.807) is 24.5 Å². The summed E-state index contributed by atoms with van der Waals surface area (Å²) in [5, 5.41) is 9.28. The van der Waals surface area contributed by atoms with Gasteiger partial charge in [-0.1, -0.05) is 11.6 Å². The molecule has 0 fully saturated rings. The fraction of sp³-hybridized carbons (Fsp3) is 0. The van der Waals surface area contributed by atoms with Crippen molar-refractivity contribution in [1.29, 1.82) is 5.26 Å². The molecule has 0 aliphatic carbocycles. The zero-order valence-electron chi connectivity index (χ0n) is 9.21. The van der Waals surface area contributed by atoms with E-state index in [1.807, 2.05) is 22.7 Å². The second-order valence-corrected chi connectivity index (χ2v) is 4.18. The van der Waals surface area contributed by atoms with E-state index in [-0.39, 0.29) is 0 Å². The molecule has 0 atom stereocenters. The maximum absolute atomic E-state index is 8.85. The highest BCUT2D eigenvalue weighted by molar-refractivity contribution is 6.29. The Morgan fingerprint density at radius 2 is 2.11 bits per heavy atom. The molecular weight excluding hydrogens is 248 g/mol. The molecule has 0 radical (unpaired) electrons. The first-order valence-electron chi connectivity index (χ1n) is 5.27. The van der Waals surface area contributed by atoms with Gasteiger partial charge in [-0.25, -0.2) is 9.97 Å². The molecule has 3 aromatic rings. The van der Waals surface area contributed by atoms with Crippen LogP contribution in [0.5, 0.6) is 0 Å². The Morgan fingerprint density at radius 1 is 1.22 bits per heavy atom. The second kappa shape index (κ2) is 4.13. The first kappa shape index (κ1) is 10.8. The topological polar surface area (TPSA) is 54.0 Å². The van der Waals surface area contributed by atoms with Crippen LogP contribution in [0.4, 0.5) is 0 Å². The minimum atomic E-state index is 0.433. The number of nitriles is 1. The molecule has 3 heterocycles. The number of pyridine rings is 2. The molecule has 3 aromatic heterocycles. The van der Waals surface area contributed by atoms with Crippen molar-refractivity contribution >= 4 is 17.2 Å². The predicted octanol–water partition coefficient (Wildman–Crippen LogP) is 2.92. The van der Waals surface area contributed by atoms with Gasteiger partial charge in [0.15, 0.2) is 0 Å². The molecule has 0 aliphatic heterocycles. The molecule has 0 aromatic carbocycles. The van der Waals surface area contributed by atoms with Crippen LogP contribution in [0.3, 0.4) is 0 Å². The van der Waals surface area contributed by atoms with Crippen LogP contribution in [0.25, 0.3) is 16.9 Å². The molecular formula is C13H7ClN4. The van der Waals surface area contributed by atoms with Gasteiger partial charge in [0.25, 0.3) is 0 Å². The van der Waals surface area contributed by atoms with Crippen molar-refractivity contribution in [3.8, 4) is 17.3 Å². The SMILES string of the molecule is N#Cc1ccc2nc(-c3ccnc(Cl)c3)cn2c1. The summed E-state index contributed by atoms with van der Waals surface area (Å²) in [6.07, 6.45) is 5.25. The van der Waals surface area contributed by atoms with E-state index in [4.69, 9.17) is 16.9 Å². The Kier molecular flexibility index (Phi) is 2.47. The van der Waals surface area contributed by atoms with Crippen molar-refractivity contribution in [1.82, 2.24) is 14.4 Å². The summed E-state index contributed by atoms with van der Waals surface area (Å²) >= 11 is 5.85. The molecule has 4 nitrogen and oxygen atoms in total. The number of imidazole rings is 1. The highest BCUT2D eigenvalue weighted by Gasteiger charge is 2.05. The lowest BCUT2D eigenvalue weighted by Gasteiger charge is -1.94. The minimum absolute atomic E-state index is 0.433. The van der Waals surface area contributed by atoms with Crippen molar-refractivity contribution in [2.24, 2.45) is 0 Å². The summed E-state index contributed by atoms with van der Waals surface area (Å²) in [4.78, 5) is 8.40. The van der Waals surface area contributed by atoms with Crippen LogP contribution < -0.4 is 0 Å². The quantitative estimate of drug-likeness (QED) is 0.628. The summed E-state index contributed by atoms with van der Waals surface area (Å²) in [7, 11) is 0. The maximum Gasteiger partial charge on any atom is 0.137 e. The third kappa shape index (κ3) is 1.81. The van der Waals surface area contributed by atoms with Crippen LogP contribution in [0.2, 0.25) is 5.15 Å². The minimum Gasteiger partial charge on any atom is -0.305 e. The lowest BCUT2D eigenvalue weighted by atomic mass is 10.2. The number of nitrogens with zero attached hydrogens (tertiary/aromatic N) is 4. The zero-order valence-corrected chi connectivity index (χ0v) is 9.96. The highest BCUT2D eigenvalue weighted by atomic mass is 35.5. The van der Waals surface area contributed by atoms with E-state index in [9.17, 15) is 0 Å². The Bertz CT molecular complexity index is 770. The number of aromatic nitrogens is 3. The van der Waals surface area contributed by atoms with Crippen molar-refractivity contribution < 1.29 is 0 Å². The molecule has 18 heavy (non-hydrogen) atoms. The average molecular weight is 255 g/mol. The van der Waals surface area contributed by atoms with Crippen molar-refractivity contribution in [2.75, 3.05) is 0 Å². The Labute approximate surface area is 108 Å².